The quantitative estimate of drug-likeness (QED) is 0.742. The number of nitrogens with two attached hydrogens (primary N) is 1. The molecule has 3 nitrogen and oxygen atoms in total. The standard InChI is InChI=1S/C14H20N2OS/c1-2-12(14(15)18)16-13(17)10-6-9-11-7-4-3-5-8-11/h3-5,7-8,12H,2,6,9-10H2,1H3,(H2,15,18)(H,16,17). The van der Waals surface area contributed by atoms with Crippen LogP contribution in [0.15, 0.2) is 30.3 Å². The largest absolute Gasteiger partial charge is 0.392 e. The molecule has 1 atom stereocenters. The summed E-state index contributed by atoms with van der Waals surface area (Å²) in [4.78, 5) is 12.0. The Hall–Kier alpha value is -1.42. The van der Waals surface area contributed by atoms with Crippen molar-refractivity contribution in [2.24, 2.45) is 5.73 Å². The second kappa shape index (κ2) is 7.82. The smallest absolute Gasteiger partial charge is 0.220 e. The normalized spacial score (nSPS) is 11.8. The van der Waals surface area contributed by atoms with Gasteiger partial charge in [-0.15, -0.1) is 0 Å². The molecule has 0 aliphatic carbocycles. The van der Waals surface area contributed by atoms with Crippen LogP contribution in [0.3, 0.4) is 0 Å². The molecule has 0 radical (unpaired) electrons. The molecule has 0 bridgehead atoms. The SMILES string of the molecule is CCC(NC(=O)CCCc1ccccc1)C(N)=S. The first-order chi connectivity index (χ1) is 8.63. The van der Waals surface area contributed by atoms with Crippen LogP contribution < -0.4 is 11.1 Å². The van der Waals surface area contributed by atoms with Gasteiger partial charge >= 0.3 is 0 Å². The molecule has 1 aromatic rings. The van der Waals surface area contributed by atoms with E-state index < -0.39 is 0 Å². The number of benzene rings is 1. The predicted octanol–water partition coefficient (Wildman–Crippen LogP) is 2.19. The zero-order valence-electron chi connectivity index (χ0n) is 10.7. The van der Waals surface area contributed by atoms with Crippen LogP contribution in [0.1, 0.15) is 31.7 Å². The van der Waals surface area contributed by atoms with Gasteiger partial charge < -0.3 is 11.1 Å². The fourth-order valence-electron chi connectivity index (χ4n) is 1.74. The Bertz CT molecular complexity index is 392. The summed E-state index contributed by atoms with van der Waals surface area (Å²) in [6.07, 6.45) is 3.00. The summed E-state index contributed by atoms with van der Waals surface area (Å²) >= 11 is 4.89. The number of carbonyl (C=O) groups excluding carboxylic acids is 1. The van der Waals surface area contributed by atoms with E-state index in [4.69, 9.17) is 18.0 Å². The lowest BCUT2D eigenvalue weighted by Crippen LogP contribution is -2.42. The average Bonchev–Trinajstić information content (AvgIpc) is 2.37. The molecule has 18 heavy (non-hydrogen) atoms. The second-order valence-corrected chi connectivity index (χ2v) is 4.74. The van der Waals surface area contributed by atoms with Gasteiger partial charge in [0.25, 0.3) is 0 Å². The summed E-state index contributed by atoms with van der Waals surface area (Å²) < 4.78 is 0. The Balaban J connectivity index is 2.27. The van der Waals surface area contributed by atoms with E-state index in [9.17, 15) is 4.79 Å². The van der Waals surface area contributed by atoms with Gasteiger partial charge in [0.05, 0.1) is 11.0 Å². The van der Waals surface area contributed by atoms with E-state index in [0.29, 0.717) is 11.4 Å². The molecule has 0 saturated heterocycles. The van der Waals surface area contributed by atoms with Gasteiger partial charge in [0.15, 0.2) is 0 Å². The zero-order valence-corrected chi connectivity index (χ0v) is 11.5. The number of amides is 1. The maximum atomic E-state index is 11.7. The average molecular weight is 264 g/mol. The van der Waals surface area contributed by atoms with Crippen molar-refractivity contribution in [1.82, 2.24) is 5.32 Å². The van der Waals surface area contributed by atoms with Crippen molar-refractivity contribution in [3.63, 3.8) is 0 Å². The van der Waals surface area contributed by atoms with Gasteiger partial charge in [-0.1, -0.05) is 49.5 Å². The summed E-state index contributed by atoms with van der Waals surface area (Å²) in [6, 6.07) is 9.97. The summed E-state index contributed by atoms with van der Waals surface area (Å²) in [5, 5.41) is 2.85. The van der Waals surface area contributed by atoms with Gasteiger partial charge in [-0.3, -0.25) is 4.79 Å². The Kier molecular flexibility index (Phi) is 6.36. The van der Waals surface area contributed by atoms with Crippen LogP contribution in [-0.2, 0) is 11.2 Å². The molecule has 3 N–H and O–H groups in total. The minimum absolute atomic E-state index is 0.0191. The number of rotatable bonds is 7. The number of thiocarbonyl (C=S) groups is 1. The van der Waals surface area contributed by atoms with Crippen molar-refractivity contribution in [1.29, 1.82) is 0 Å². The molecule has 1 amide bonds. The van der Waals surface area contributed by atoms with E-state index in [1.54, 1.807) is 0 Å². The fourth-order valence-corrected chi connectivity index (χ4v) is 1.96. The van der Waals surface area contributed by atoms with Crippen LogP contribution in [0, 0.1) is 0 Å². The zero-order chi connectivity index (χ0) is 13.4. The van der Waals surface area contributed by atoms with Crippen LogP contribution in [0.25, 0.3) is 0 Å². The number of aryl methyl sites for hydroxylation is 1. The third-order valence-electron chi connectivity index (χ3n) is 2.80. The molecule has 1 rings (SSSR count). The van der Waals surface area contributed by atoms with Crippen molar-refractivity contribution in [2.75, 3.05) is 0 Å². The topological polar surface area (TPSA) is 55.1 Å². The first-order valence-electron chi connectivity index (χ1n) is 6.26. The van der Waals surface area contributed by atoms with Crippen molar-refractivity contribution < 1.29 is 4.79 Å². The van der Waals surface area contributed by atoms with Gasteiger partial charge in [0.1, 0.15) is 0 Å². The van der Waals surface area contributed by atoms with Crippen LogP contribution >= 0.6 is 12.2 Å². The summed E-state index contributed by atoms with van der Waals surface area (Å²) in [5.41, 5.74) is 6.79. The van der Waals surface area contributed by atoms with Gasteiger partial charge in [-0.25, -0.2) is 0 Å². The van der Waals surface area contributed by atoms with Crippen molar-refractivity contribution >= 4 is 23.1 Å². The monoisotopic (exact) mass is 264 g/mol. The molecule has 4 heteroatoms. The first kappa shape index (κ1) is 14.6. The molecule has 0 fully saturated rings. The van der Waals surface area contributed by atoms with Crippen LogP contribution in [0.5, 0.6) is 0 Å². The number of carbonyl (C=O) groups is 1. The highest BCUT2D eigenvalue weighted by molar-refractivity contribution is 7.80. The Morgan fingerprint density at radius 1 is 1.39 bits per heavy atom. The second-order valence-electron chi connectivity index (χ2n) is 4.27. The molecule has 1 aromatic carbocycles. The van der Waals surface area contributed by atoms with Gasteiger partial charge in [0, 0.05) is 6.42 Å². The fraction of sp³-hybridized carbons (Fsp3) is 0.429. The molecule has 0 spiro atoms. The highest BCUT2D eigenvalue weighted by Gasteiger charge is 2.12. The maximum absolute atomic E-state index is 11.7. The number of nitrogens with one attached hydrogen (secondary N) is 1. The Labute approximate surface area is 114 Å². The van der Waals surface area contributed by atoms with Crippen LogP contribution in [-0.4, -0.2) is 16.9 Å². The molecule has 0 aliphatic heterocycles. The van der Waals surface area contributed by atoms with Gasteiger partial charge in [-0.2, -0.15) is 0 Å². The van der Waals surface area contributed by atoms with Crippen molar-refractivity contribution in [2.45, 2.75) is 38.6 Å². The Morgan fingerprint density at radius 2 is 2.06 bits per heavy atom. The molecular formula is C14H20N2OS. The maximum Gasteiger partial charge on any atom is 0.220 e. The van der Waals surface area contributed by atoms with E-state index in [2.05, 4.69) is 17.4 Å². The lowest BCUT2D eigenvalue weighted by atomic mass is 10.1. The highest BCUT2D eigenvalue weighted by Crippen LogP contribution is 2.04. The summed E-state index contributed by atoms with van der Waals surface area (Å²) in [7, 11) is 0. The minimum Gasteiger partial charge on any atom is -0.392 e. The summed E-state index contributed by atoms with van der Waals surface area (Å²) in [6.45, 7) is 1.95. The van der Waals surface area contributed by atoms with Gasteiger partial charge in [0.2, 0.25) is 5.91 Å². The van der Waals surface area contributed by atoms with Gasteiger partial charge in [-0.05, 0) is 24.8 Å². The van der Waals surface area contributed by atoms with Crippen molar-refractivity contribution in [3.05, 3.63) is 35.9 Å². The lowest BCUT2D eigenvalue weighted by molar-refractivity contribution is -0.121. The first-order valence-corrected chi connectivity index (χ1v) is 6.67. The van der Waals surface area contributed by atoms with E-state index >= 15 is 0 Å². The van der Waals surface area contributed by atoms with Crippen LogP contribution in [0.4, 0.5) is 0 Å². The molecular weight excluding hydrogens is 244 g/mol. The molecule has 0 aliphatic rings. The molecule has 0 heterocycles. The predicted molar refractivity (Wildman–Crippen MR) is 78.4 cm³/mol. The lowest BCUT2D eigenvalue weighted by Gasteiger charge is -2.15. The minimum atomic E-state index is -0.177. The number of hydrogen-bond donors (Lipinski definition) is 2. The third kappa shape index (κ3) is 5.27. The third-order valence-corrected chi connectivity index (χ3v) is 3.08. The highest BCUT2D eigenvalue weighted by atomic mass is 32.1. The summed E-state index contributed by atoms with van der Waals surface area (Å²) in [5.74, 6) is 0.0191. The van der Waals surface area contributed by atoms with Crippen LogP contribution in [0.2, 0.25) is 0 Å². The van der Waals surface area contributed by atoms with E-state index in [0.717, 1.165) is 19.3 Å². The van der Waals surface area contributed by atoms with Crippen molar-refractivity contribution in [3.8, 4) is 0 Å². The van der Waals surface area contributed by atoms with E-state index in [-0.39, 0.29) is 11.9 Å². The Morgan fingerprint density at radius 3 is 2.61 bits per heavy atom. The molecule has 98 valence electrons. The van der Waals surface area contributed by atoms with E-state index in [1.165, 1.54) is 5.56 Å². The molecule has 0 aromatic heterocycles. The van der Waals surface area contributed by atoms with E-state index in [1.807, 2.05) is 25.1 Å². The molecule has 0 saturated carbocycles. The number of hydrogen-bond acceptors (Lipinski definition) is 2. The molecule has 1 unspecified atom stereocenters.